The van der Waals surface area contributed by atoms with Crippen molar-refractivity contribution in [2.45, 2.75) is 12.7 Å². The van der Waals surface area contributed by atoms with Gasteiger partial charge >= 0.3 is 0 Å². The molecule has 2 rings (SSSR count). The van der Waals surface area contributed by atoms with E-state index in [2.05, 4.69) is 19.1 Å². The van der Waals surface area contributed by atoms with Gasteiger partial charge in [-0.25, -0.2) is 0 Å². The average molecular weight is 243 g/mol. The monoisotopic (exact) mass is 242 g/mol. The first kappa shape index (κ1) is 10.3. The van der Waals surface area contributed by atoms with Crippen molar-refractivity contribution < 1.29 is 0 Å². The standard InChI is InChI=1S/C11H11ClS2/c1-2-13-7-8-6-9-10(12)4-3-5-11(9)14-8/h3-6H,2,7H2,1H3. The zero-order chi connectivity index (χ0) is 9.97. The van der Waals surface area contributed by atoms with E-state index in [1.807, 2.05) is 35.2 Å². The smallest absolute Gasteiger partial charge is 0.0492 e. The van der Waals surface area contributed by atoms with Crippen LogP contribution in [0.25, 0.3) is 10.1 Å². The van der Waals surface area contributed by atoms with Gasteiger partial charge in [-0.05, 0) is 24.0 Å². The van der Waals surface area contributed by atoms with Crippen molar-refractivity contribution in [2.24, 2.45) is 0 Å². The van der Waals surface area contributed by atoms with E-state index < -0.39 is 0 Å². The van der Waals surface area contributed by atoms with Gasteiger partial charge in [0.25, 0.3) is 0 Å². The predicted octanol–water partition coefficient (Wildman–Crippen LogP) is 4.81. The number of halogens is 1. The summed E-state index contributed by atoms with van der Waals surface area (Å²) >= 11 is 9.90. The Morgan fingerprint density at radius 2 is 2.29 bits per heavy atom. The van der Waals surface area contributed by atoms with E-state index in [4.69, 9.17) is 11.6 Å². The number of hydrogen-bond donors (Lipinski definition) is 0. The van der Waals surface area contributed by atoms with E-state index in [-0.39, 0.29) is 0 Å². The van der Waals surface area contributed by atoms with Crippen LogP contribution in [0.4, 0.5) is 0 Å². The van der Waals surface area contributed by atoms with E-state index in [0.717, 1.165) is 10.8 Å². The fourth-order valence-corrected chi connectivity index (χ4v) is 3.50. The maximum Gasteiger partial charge on any atom is 0.0492 e. The van der Waals surface area contributed by atoms with E-state index in [0.29, 0.717) is 0 Å². The number of fused-ring (bicyclic) bond motifs is 1. The van der Waals surface area contributed by atoms with E-state index in [1.54, 1.807) is 0 Å². The van der Waals surface area contributed by atoms with E-state index in [1.165, 1.54) is 20.7 Å². The van der Waals surface area contributed by atoms with Gasteiger partial charge in [-0.1, -0.05) is 24.6 Å². The van der Waals surface area contributed by atoms with Gasteiger partial charge in [0.2, 0.25) is 0 Å². The Morgan fingerprint density at radius 1 is 1.43 bits per heavy atom. The van der Waals surface area contributed by atoms with Crippen molar-refractivity contribution in [3.8, 4) is 0 Å². The topological polar surface area (TPSA) is 0 Å². The molecule has 2 aromatic rings. The summed E-state index contributed by atoms with van der Waals surface area (Å²) in [5.74, 6) is 2.27. The summed E-state index contributed by atoms with van der Waals surface area (Å²) in [6.45, 7) is 2.19. The molecule has 0 unspecified atom stereocenters. The van der Waals surface area contributed by atoms with Gasteiger partial charge in [-0.3, -0.25) is 0 Å². The predicted molar refractivity (Wildman–Crippen MR) is 68.7 cm³/mol. The van der Waals surface area contributed by atoms with Gasteiger partial charge in [0.05, 0.1) is 0 Å². The molecule has 0 radical (unpaired) electrons. The van der Waals surface area contributed by atoms with Crippen LogP contribution in [-0.2, 0) is 5.75 Å². The quantitative estimate of drug-likeness (QED) is 0.745. The SMILES string of the molecule is CCSCc1cc2c(Cl)cccc2s1. The van der Waals surface area contributed by atoms with Crippen LogP contribution in [0.3, 0.4) is 0 Å². The van der Waals surface area contributed by atoms with Crippen LogP contribution < -0.4 is 0 Å². The van der Waals surface area contributed by atoms with Crippen LogP contribution in [0.15, 0.2) is 24.3 Å². The summed E-state index contributed by atoms with van der Waals surface area (Å²) in [4.78, 5) is 1.42. The van der Waals surface area contributed by atoms with Crippen LogP contribution in [0.2, 0.25) is 5.02 Å². The van der Waals surface area contributed by atoms with E-state index >= 15 is 0 Å². The van der Waals surface area contributed by atoms with Crippen LogP contribution >= 0.6 is 34.7 Å². The highest BCUT2D eigenvalue weighted by molar-refractivity contribution is 7.98. The number of benzene rings is 1. The summed E-state index contributed by atoms with van der Waals surface area (Å²) in [6, 6.07) is 8.31. The summed E-state index contributed by atoms with van der Waals surface area (Å²) in [5, 5.41) is 2.07. The highest BCUT2D eigenvalue weighted by atomic mass is 35.5. The molecule has 0 N–H and O–H groups in total. The molecule has 0 atom stereocenters. The van der Waals surface area contributed by atoms with Crippen molar-refractivity contribution in [1.82, 2.24) is 0 Å². The summed E-state index contributed by atoms with van der Waals surface area (Å²) in [7, 11) is 0. The van der Waals surface area contributed by atoms with Gasteiger partial charge in [0.1, 0.15) is 0 Å². The maximum atomic E-state index is 6.10. The summed E-state index contributed by atoms with van der Waals surface area (Å²) in [5.41, 5.74) is 0. The molecule has 14 heavy (non-hydrogen) atoms. The Bertz CT molecular complexity index is 434. The van der Waals surface area contributed by atoms with Crippen LogP contribution in [0.1, 0.15) is 11.8 Å². The lowest BCUT2D eigenvalue weighted by molar-refractivity contribution is 1.47. The number of rotatable bonds is 3. The number of thiophene rings is 1. The average Bonchev–Trinajstić information content (AvgIpc) is 2.59. The minimum absolute atomic E-state index is 0.867. The third-order valence-corrected chi connectivity index (χ3v) is 4.54. The molecule has 0 aliphatic carbocycles. The maximum absolute atomic E-state index is 6.10. The fraction of sp³-hybridized carbons (Fsp3) is 0.273. The zero-order valence-electron chi connectivity index (χ0n) is 7.92. The molecule has 0 amide bonds. The minimum atomic E-state index is 0.867. The van der Waals surface area contributed by atoms with E-state index in [9.17, 15) is 0 Å². The van der Waals surface area contributed by atoms with Gasteiger partial charge in [-0.15, -0.1) is 11.3 Å². The first-order chi connectivity index (χ1) is 6.81. The molecule has 0 bridgehead atoms. The molecule has 3 heteroatoms. The molecule has 0 spiro atoms. The molecule has 0 aliphatic rings. The Balaban J connectivity index is 2.36. The second-order valence-corrected chi connectivity index (χ2v) is 5.85. The molecular formula is C11H11ClS2. The van der Waals surface area contributed by atoms with Crippen molar-refractivity contribution in [1.29, 1.82) is 0 Å². The second kappa shape index (κ2) is 4.56. The largest absolute Gasteiger partial charge is 0.157 e. The second-order valence-electron chi connectivity index (χ2n) is 3.00. The molecule has 1 aromatic carbocycles. The number of hydrogen-bond acceptors (Lipinski definition) is 2. The van der Waals surface area contributed by atoms with Crippen molar-refractivity contribution in [2.75, 3.05) is 5.75 Å². The molecule has 0 nitrogen and oxygen atoms in total. The van der Waals surface area contributed by atoms with Crippen LogP contribution in [-0.4, -0.2) is 5.75 Å². The lowest BCUT2D eigenvalue weighted by Gasteiger charge is -1.91. The number of thioether (sulfide) groups is 1. The van der Waals surface area contributed by atoms with Crippen LogP contribution in [0, 0.1) is 0 Å². The lowest BCUT2D eigenvalue weighted by Crippen LogP contribution is -1.72. The van der Waals surface area contributed by atoms with Gasteiger partial charge in [0, 0.05) is 25.7 Å². The minimum Gasteiger partial charge on any atom is -0.157 e. The Kier molecular flexibility index (Phi) is 3.37. The van der Waals surface area contributed by atoms with Crippen molar-refractivity contribution in [3.05, 3.63) is 34.2 Å². The first-order valence-corrected chi connectivity index (χ1v) is 6.91. The molecule has 0 aliphatic heterocycles. The zero-order valence-corrected chi connectivity index (χ0v) is 10.3. The highest BCUT2D eigenvalue weighted by Crippen LogP contribution is 2.32. The van der Waals surface area contributed by atoms with Gasteiger partial charge in [-0.2, -0.15) is 11.8 Å². The third kappa shape index (κ3) is 2.08. The lowest BCUT2D eigenvalue weighted by atomic mass is 10.2. The highest BCUT2D eigenvalue weighted by Gasteiger charge is 2.03. The summed E-state index contributed by atoms with van der Waals surface area (Å²) < 4.78 is 1.30. The van der Waals surface area contributed by atoms with Gasteiger partial charge in [0.15, 0.2) is 0 Å². The molecule has 1 aromatic heterocycles. The Labute approximate surface area is 97.3 Å². The molecule has 74 valence electrons. The molecule has 0 saturated carbocycles. The normalized spacial score (nSPS) is 11.0. The van der Waals surface area contributed by atoms with Crippen LogP contribution in [0.5, 0.6) is 0 Å². The molecular weight excluding hydrogens is 232 g/mol. The fourth-order valence-electron chi connectivity index (χ4n) is 1.35. The Morgan fingerprint density at radius 3 is 3.00 bits per heavy atom. The Hall–Kier alpha value is -0.180. The third-order valence-electron chi connectivity index (χ3n) is 2.01. The summed E-state index contributed by atoms with van der Waals surface area (Å²) in [6.07, 6.45) is 0. The first-order valence-electron chi connectivity index (χ1n) is 4.56. The molecule has 1 heterocycles. The van der Waals surface area contributed by atoms with Gasteiger partial charge < -0.3 is 0 Å². The molecule has 0 fully saturated rings. The van der Waals surface area contributed by atoms with Crippen molar-refractivity contribution in [3.63, 3.8) is 0 Å². The molecule has 0 saturated heterocycles. The van der Waals surface area contributed by atoms with Crippen molar-refractivity contribution >= 4 is 44.8 Å².